The zero-order valence-corrected chi connectivity index (χ0v) is 17.7. The number of ether oxygens (including phenoxy) is 2. The number of nitrogens with two attached hydrogens (primary N) is 1. The number of pyridine rings is 1. The molecular formula is C22H21N3O5S. The minimum absolute atomic E-state index is 0.0427. The number of aromatic nitrogens is 1. The Kier molecular flexibility index (Phi) is 6.68. The lowest BCUT2D eigenvalue weighted by Crippen LogP contribution is -2.15. The second kappa shape index (κ2) is 9.41. The largest absolute Gasteiger partial charge is 0.493 e. The van der Waals surface area contributed by atoms with Gasteiger partial charge in [0.15, 0.2) is 11.5 Å². The Morgan fingerprint density at radius 1 is 1.03 bits per heavy atom. The topological polar surface area (TPSA) is 121 Å². The first-order chi connectivity index (χ1) is 14.8. The molecule has 1 heterocycles. The second-order valence-corrected chi connectivity index (χ2v) is 8.00. The first-order valence-corrected chi connectivity index (χ1v) is 10.6. The van der Waals surface area contributed by atoms with Crippen LogP contribution in [-0.2, 0) is 14.8 Å². The zero-order chi connectivity index (χ0) is 22.4. The molecule has 31 heavy (non-hydrogen) atoms. The molecule has 3 aromatic rings. The van der Waals surface area contributed by atoms with Crippen molar-refractivity contribution in [1.29, 1.82) is 0 Å². The molecule has 1 amide bonds. The summed E-state index contributed by atoms with van der Waals surface area (Å²) in [6, 6.07) is 14.4. The first-order valence-electron chi connectivity index (χ1n) is 9.10. The predicted molar refractivity (Wildman–Crippen MR) is 118 cm³/mol. The maximum absolute atomic E-state index is 13.1. The molecule has 0 bridgehead atoms. The number of sulfonamides is 1. The minimum Gasteiger partial charge on any atom is -0.493 e. The highest BCUT2D eigenvalue weighted by Gasteiger charge is 2.15. The van der Waals surface area contributed by atoms with Crippen molar-refractivity contribution in [3.63, 3.8) is 0 Å². The van der Waals surface area contributed by atoms with E-state index in [2.05, 4.69) is 10.3 Å². The van der Waals surface area contributed by atoms with E-state index in [-0.39, 0.29) is 4.90 Å². The van der Waals surface area contributed by atoms with Gasteiger partial charge in [-0.05, 0) is 54.1 Å². The quantitative estimate of drug-likeness (QED) is 0.546. The molecular weight excluding hydrogens is 418 g/mol. The van der Waals surface area contributed by atoms with E-state index in [1.807, 2.05) is 0 Å². The van der Waals surface area contributed by atoms with E-state index in [0.717, 1.165) is 5.56 Å². The van der Waals surface area contributed by atoms with Crippen molar-refractivity contribution in [3.8, 4) is 11.5 Å². The highest BCUT2D eigenvalue weighted by molar-refractivity contribution is 7.89. The minimum atomic E-state index is -3.81. The van der Waals surface area contributed by atoms with Gasteiger partial charge in [-0.15, -0.1) is 0 Å². The van der Waals surface area contributed by atoms with Crippen LogP contribution in [0.5, 0.6) is 11.5 Å². The number of hydrogen-bond acceptors (Lipinski definition) is 6. The molecule has 0 atom stereocenters. The number of carbonyl (C=O) groups is 1. The van der Waals surface area contributed by atoms with E-state index >= 15 is 0 Å². The summed E-state index contributed by atoms with van der Waals surface area (Å²) in [4.78, 5) is 17.1. The number of carbonyl (C=O) groups excluding carboxylic acids is 1. The van der Waals surface area contributed by atoms with Crippen molar-refractivity contribution in [3.05, 3.63) is 78.1 Å². The lowest BCUT2D eigenvalue weighted by Gasteiger charge is -2.11. The summed E-state index contributed by atoms with van der Waals surface area (Å²) in [6.07, 6.45) is 4.89. The van der Waals surface area contributed by atoms with E-state index in [0.29, 0.717) is 28.3 Å². The van der Waals surface area contributed by atoms with Crippen molar-refractivity contribution < 1.29 is 22.7 Å². The molecule has 0 unspecified atom stereocenters. The summed E-state index contributed by atoms with van der Waals surface area (Å²) in [5, 5.41) is 7.88. The summed E-state index contributed by atoms with van der Waals surface area (Å²) >= 11 is 0. The standard InChI is InChI=1S/C22H21N3O5S/c1-29-20-10-5-15(13-21(20)30-2)12-19(16-4-3-11-24-14-16)22(26)25-17-6-8-18(9-7-17)31(23,27)28/h3-14H,1-2H3,(H,25,26)(H2,23,27,28). The van der Waals surface area contributed by atoms with E-state index < -0.39 is 15.9 Å². The van der Waals surface area contributed by atoms with Crippen LogP contribution >= 0.6 is 0 Å². The summed E-state index contributed by atoms with van der Waals surface area (Å²) in [5.74, 6) is 0.703. The van der Waals surface area contributed by atoms with Gasteiger partial charge < -0.3 is 14.8 Å². The van der Waals surface area contributed by atoms with Gasteiger partial charge in [-0.25, -0.2) is 13.6 Å². The van der Waals surface area contributed by atoms with Gasteiger partial charge >= 0.3 is 0 Å². The fraction of sp³-hybridized carbons (Fsp3) is 0.0909. The van der Waals surface area contributed by atoms with E-state index in [1.54, 1.807) is 55.9 Å². The van der Waals surface area contributed by atoms with Gasteiger partial charge in [0, 0.05) is 29.2 Å². The monoisotopic (exact) mass is 439 g/mol. The summed E-state index contributed by atoms with van der Waals surface area (Å²) in [6.45, 7) is 0. The van der Waals surface area contributed by atoms with E-state index in [4.69, 9.17) is 14.6 Å². The van der Waals surface area contributed by atoms with Crippen molar-refractivity contribution >= 4 is 33.3 Å². The van der Waals surface area contributed by atoms with Crippen LogP contribution in [0, 0.1) is 0 Å². The van der Waals surface area contributed by atoms with Crippen LogP contribution in [0.15, 0.2) is 71.9 Å². The van der Waals surface area contributed by atoms with Crippen LogP contribution in [-0.4, -0.2) is 33.5 Å². The number of methoxy groups -OCH3 is 2. The van der Waals surface area contributed by atoms with Crippen LogP contribution < -0.4 is 19.9 Å². The lowest BCUT2D eigenvalue weighted by molar-refractivity contribution is -0.111. The van der Waals surface area contributed by atoms with E-state index in [1.165, 1.54) is 31.4 Å². The number of hydrogen-bond donors (Lipinski definition) is 2. The highest BCUT2D eigenvalue weighted by Crippen LogP contribution is 2.29. The molecule has 1 aromatic heterocycles. The van der Waals surface area contributed by atoms with Gasteiger partial charge in [0.1, 0.15) is 0 Å². The molecule has 160 valence electrons. The van der Waals surface area contributed by atoms with Crippen LogP contribution in [0.25, 0.3) is 11.6 Å². The molecule has 9 heteroatoms. The van der Waals surface area contributed by atoms with Crippen molar-refractivity contribution in [2.75, 3.05) is 19.5 Å². The molecule has 0 saturated heterocycles. The van der Waals surface area contributed by atoms with Gasteiger partial charge in [-0.3, -0.25) is 9.78 Å². The van der Waals surface area contributed by atoms with Crippen LogP contribution in [0.4, 0.5) is 5.69 Å². The molecule has 8 nitrogen and oxygen atoms in total. The van der Waals surface area contributed by atoms with Crippen molar-refractivity contribution in [2.45, 2.75) is 4.90 Å². The Labute approximate surface area is 180 Å². The van der Waals surface area contributed by atoms with Crippen LogP contribution in [0.3, 0.4) is 0 Å². The Morgan fingerprint density at radius 3 is 2.32 bits per heavy atom. The number of nitrogens with zero attached hydrogens (tertiary/aromatic N) is 1. The first kappa shape index (κ1) is 22.0. The Hall–Kier alpha value is -3.69. The third-order valence-corrected chi connectivity index (χ3v) is 5.31. The number of anilines is 1. The number of rotatable bonds is 7. The maximum Gasteiger partial charge on any atom is 0.256 e. The third kappa shape index (κ3) is 5.47. The Morgan fingerprint density at radius 2 is 1.74 bits per heavy atom. The lowest BCUT2D eigenvalue weighted by atomic mass is 10.0. The number of primary sulfonamides is 1. The molecule has 0 fully saturated rings. The zero-order valence-electron chi connectivity index (χ0n) is 16.9. The van der Waals surface area contributed by atoms with Gasteiger partial charge in [0.05, 0.1) is 19.1 Å². The van der Waals surface area contributed by atoms with Crippen molar-refractivity contribution in [1.82, 2.24) is 4.98 Å². The highest BCUT2D eigenvalue weighted by atomic mass is 32.2. The van der Waals surface area contributed by atoms with Crippen LogP contribution in [0.1, 0.15) is 11.1 Å². The molecule has 3 rings (SSSR count). The smallest absolute Gasteiger partial charge is 0.256 e. The van der Waals surface area contributed by atoms with Gasteiger partial charge in [0.25, 0.3) is 5.91 Å². The molecule has 0 radical (unpaired) electrons. The second-order valence-electron chi connectivity index (χ2n) is 6.44. The Balaban J connectivity index is 1.96. The average Bonchev–Trinajstić information content (AvgIpc) is 2.77. The molecule has 0 aliphatic carbocycles. The summed E-state index contributed by atoms with van der Waals surface area (Å²) in [5.41, 5.74) is 2.10. The average molecular weight is 439 g/mol. The number of nitrogens with one attached hydrogen (secondary N) is 1. The fourth-order valence-corrected chi connectivity index (χ4v) is 3.35. The normalized spacial score (nSPS) is 11.6. The molecule has 2 aromatic carbocycles. The maximum atomic E-state index is 13.1. The molecule has 0 spiro atoms. The number of amides is 1. The van der Waals surface area contributed by atoms with Crippen LogP contribution in [0.2, 0.25) is 0 Å². The van der Waals surface area contributed by atoms with E-state index in [9.17, 15) is 13.2 Å². The molecule has 0 aliphatic heterocycles. The van der Waals surface area contributed by atoms with Crippen molar-refractivity contribution in [2.24, 2.45) is 5.14 Å². The SMILES string of the molecule is COc1ccc(C=C(C(=O)Nc2ccc(S(N)(=O)=O)cc2)c2cccnc2)cc1OC. The molecule has 0 saturated carbocycles. The fourth-order valence-electron chi connectivity index (χ4n) is 2.84. The van der Waals surface area contributed by atoms with Gasteiger partial charge in [0.2, 0.25) is 10.0 Å². The Bertz CT molecular complexity index is 1210. The molecule has 0 aliphatic rings. The summed E-state index contributed by atoms with van der Waals surface area (Å²) < 4.78 is 33.4. The number of benzene rings is 2. The van der Waals surface area contributed by atoms with Gasteiger partial charge in [-0.2, -0.15) is 0 Å². The van der Waals surface area contributed by atoms with Gasteiger partial charge in [-0.1, -0.05) is 12.1 Å². The third-order valence-electron chi connectivity index (χ3n) is 4.38. The predicted octanol–water partition coefficient (Wildman–Crippen LogP) is 2.93. The molecule has 3 N–H and O–H groups in total. The summed E-state index contributed by atoms with van der Waals surface area (Å²) in [7, 11) is -0.737.